The zero-order valence-corrected chi connectivity index (χ0v) is 13.7. The summed E-state index contributed by atoms with van der Waals surface area (Å²) in [6.45, 7) is 0.0812. The molecule has 0 aromatic heterocycles. The van der Waals surface area contributed by atoms with E-state index in [1.54, 1.807) is 18.2 Å². The van der Waals surface area contributed by atoms with Gasteiger partial charge < -0.3 is 10.2 Å². The van der Waals surface area contributed by atoms with Gasteiger partial charge in [-0.2, -0.15) is 0 Å². The summed E-state index contributed by atoms with van der Waals surface area (Å²) in [6.07, 6.45) is 8.21. The number of hydrogen-bond donors (Lipinski definition) is 1. The Bertz CT molecular complexity index is 540. The lowest BCUT2D eigenvalue weighted by atomic mass is 9.96. The number of hydrogen-bond acceptors (Lipinski definition) is 4. The summed E-state index contributed by atoms with van der Waals surface area (Å²) in [5.41, 5.74) is 0.380. The van der Waals surface area contributed by atoms with Crippen LogP contribution in [-0.4, -0.2) is 35.4 Å². The lowest BCUT2D eigenvalue weighted by molar-refractivity contribution is -0.383. The molecule has 6 nitrogen and oxygen atoms in total. The van der Waals surface area contributed by atoms with Gasteiger partial charge in [0.25, 0.3) is 5.69 Å². The van der Waals surface area contributed by atoms with Crippen molar-refractivity contribution in [3.05, 3.63) is 34.4 Å². The van der Waals surface area contributed by atoms with Gasteiger partial charge in [0, 0.05) is 19.2 Å². The van der Waals surface area contributed by atoms with Crippen LogP contribution in [0.2, 0.25) is 0 Å². The van der Waals surface area contributed by atoms with E-state index in [0.717, 1.165) is 12.8 Å². The van der Waals surface area contributed by atoms with Gasteiger partial charge in [-0.25, -0.2) is 0 Å². The fraction of sp³-hybridized carbons (Fsp3) is 0.588. The molecule has 1 aliphatic carbocycles. The van der Waals surface area contributed by atoms with Crippen molar-refractivity contribution in [3.63, 3.8) is 0 Å². The summed E-state index contributed by atoms with van der Waals surface area (Å²) in [6, 6.07) is 6.69. The van der Waals surface area contributed by atoms with Gasteiger partial charge in [0.1, 0.15) is 5.69 Å². The van der Waals surface area contributed by atoms with Crippen LogP contribution in [0.3, 0.4) is 0 Å². The number of rotatable bonds is 5. The van der Waals surface area contributed by atoms with Crippen LogP contribution in [0, 0.1) is 10.1 Å². The van der Waals surface area contributed by atoms with E-state index in [1.807, 2.05) is 11.9 Å². The maximum Gasteiger partial charge on any atom is 0.292 e. The highest BCUT2D eigenvalue weighted by Gasteiger charge is 2.21. The zero-order valence-electron chi connectivity index (χ0n) is 13.7. The summed E-state index contributed by atoms with van der Waals surface area (Å²) in [5, 5.41) is 13.9. The molecular formula is C17H25N3O3. The van der Waals surface area contributed by atoms with Crippen molar-refractivity contribution >= 4 is 17.3 Å². The SMILES string of the molecule is CN(C(=O)CNc1ccccc1[N+](=O)[O-])C1CCCCCCC1. The summed E-state index contributed by atoms with van der Waals surface area (Å²) < 4.78 is 0. The minimum Gasteiger partial charge on any atom is -0.371 e. The van der Waals surface area contributed by atoms with Crippen LogP contribution in [0.1, 0.15) is 44.9 Å². The van der Waals surface area contributed by atoms with E-state index >= 15 is 0 Å². The van der Waals surface area contributed by atoms with Gasteiger partial charge in [-0.1, -0.05) is 44.2 Å². The Morgan fingerprint density at radius 2 is 1.83 bits per heavy atom. The maximum absolute atomic E-state index is 12.4. The molecule has 0 heterocycles. The third-order valence-corrected chi connectivity index (χ3v) is 4.55. The van der Waals surface area contributed by atoms with Crippen LogP contribution >= 0.6 is 0 Å². The Hall–Kier alpha value is -2.11. The van der Waals surface area contributed by atoms with E-state index in [2.05, 4.69) is 5.32 Å². The minimum absolute atomic E-state index is 0.00564. The zero-order chi connectivity index (χ0) is 16.7. The Balaban J connectivity index is 1.92. The number of benzene rings is 1. The van der Waals surface area contributed by atoms with Gasteiger partial charge >= 0.3 is 0 Å². The highest BCUT2D eigenvalue weighted by atomic mass is 16.6. The predicted molar refractivity (Wildman–Crippen MR) is 90.5 cm³/mol. The molecule has 0 aliphatic heterocycles. The predicted octanol–water partition coefficient (Wildman–Crippen LogP) is 3.58. The van der Waals surface area contributed by atoms with E-state index in [4.69, 9.17) is 0 Å². The first kappa shape index (κ1) is 17.2. The van der Waals surface area contributed by atoms with Gasteiger partial charge in [-0.05, 0) is 18.9 Å². The molecule has 1 amide bonds. The number of anilines is 1. The Morgan fingerprint density at radius 3 is 2.48 bits per heavy atom. The number of nitrogens with zero attached hydrogens (tertiary/aromatic N) is 2. The molecule has 0 radical (unpaired) electrons. The second-order valence-corrected chi connectivity index (χ2v) is 6.13. The molecule has 0 unspecified atom stereocenters. The molecule has 23 heavy (non-hydrogen) atoms. The molecule has 1 saturated carbocycles. The number of nitro groups is 1. The minimum atomic E-state index is -0.439. The number of amides is 1. The maximum atomic E-state index is 12.4. The standard InChI is InChI=1S/C17H25N3O3/c1-19(14-9-5-3-2-4-6-10-14)17(21)13-18-15-11-7-8-12-16(15)20(22)23/h7-8,11-12,14,18H,2-6,9-10,13H2,1H3. The molecule has 0 saturated heterocycles. The first-order valence-corrected chi connectivity index (χ1v) is 8.32. The summed E-state index contributed by atoms with van der Waals surface area (Å²) >= 11 is 0. The van der Waals surface area contributed by atoms with Crippen molar-refractivity contribution in [1.82, 2.24) is 4.90 Å². The molecule has 1 aliphatic rings. The highest BCUT2D eigenvalue weighted by Crippen LogP contribution is 2.24. The third kappa shape index (κ3) is 4.94. The monoisotopic (exact) mass is 319 g/mol. The van der Waals surface area contributed by atoms with Crippen LogP contribution in [-0.2, 0) is 4.79 Å². The quantitative estimate of drug-likeness (QED) is 0.665. The van der Waals surface area contributed by atoms with Crippen LogP contribution in [0.4, 0.5) is 11.4 Å². The van der Waals surface area contributed by atoms with Crippen molar-refractivity contribution in [1.29, 1.82) is 0 Å². The van der Waals surface area contributed by atoms with Crippen LogP contribution in [0.25, 0.3) is 0 Å². The molecule has 1 fully saturated rings. The average molecular weight is 319 g/mol. The summed E-state index contributed by atoms with van der Waals surface area (Å²) in [7, 11) is 1.84. The Morgan fingerprint density at radius 1 is 1.22 bits per heavy atom. The third-order valence-electron chi connectivity index (χ3n) is 4.55. The molecule has 1 aromatic rings. The van der Waals surface area contributed by atoms with Gasteiger partial charge in [0.05, 0.1) is 11.5 Å². The van der Waals surface area contributed by atoms with Crippen LogP contribution in [0.15, 0.2) is 24.3 Å². The van der Waals surface area contributed by atoms with E-state index in [9.17, 15) is 14.9 Å². The van der Waals surface area contributed by atoms with Gasteiger partial charge in [0.15, 0.2) is 0 Å². The summed E-state index contributed by atoms with van der Waals surface area (Å²) in [4.78, 5) is 24.8. The lowest BCUT2D eigenvalue weighted by Gasteiger charge is -2.30. The number of carbonyl (C=O) groups excluding carboxylic acids is 1. The van der Waals surface area contributed by atoms with E-state index < -0.39 is 4.92 Å². The molecule has 126 valence electrons. The molecule has 0 spiro atoms. The summed E-state index contributed by atoms with van der Waals surface area (Å²) in [5.74, 6) is -0.0197. The second-order valence-electron chi connectivity index (χ2n) is 6.13. The molecule has 1 N–H and O–H groups in total. The van der Waals surface area contributed by atoms with E-state index in [1.165, 1.54) is 38.2 Å². The van der Waals surface area contributed by atoms with Crippen LogP contribution < -0.4 is 5.32 Å². The lowest BCUT2D eigenvalue weighted by Crippen LogP contribution is -2.40. The highest BCUT2D eigenvalue weighted by molar-refractivity contribution is 5.81. The smallest absolute Gasteiger partial charge is 0.292 e. The van der Waals surface area contributed by atoms with Crippen LogP contribution in [0.5, 0.6) is 0 Å². The molecule has 0 bridgehead atoms. The van der Waals surface area contributed by atoms with Crippen molar-refractivity contribution in [2.45, 2.75) is 51.0 Å². The fourth-order valence-electron chi connectivity index (χ4n) is 3.10. The van der Waals surface area contributed by atoms with Crippen molar-refractivity contribution in [2.24, 2.45) is 0 Å². The fourth-order valence-corrected chi connectivity index (χ4v) is 3.10. The molecule has 2 rings (SSSR count). The second kappa shape index (κ2) is 8.50. The number of carbonyl (C=O) groups is 1. The number of nitrogens with one attached hydrogen (secondary N) is 1. The average Bonchev–Trinajstić information content (AvgIpc) is 2.52. The topological polar surface area (TPSA) is 75.5 Å². The van der Waals surface area contributed by atoms with Crippen molar-refractivity contribution < 1.29 is 9.72 Å². The number of nitro benzene ring substituents is 1. The number of likely N-dealkylation sites (N-methyl/N-ethyl adjacent to an activating group) is 1. The normalized spacial score (nSPS) is 16.2. The molecule has 1 aromatic carbocycles. The molecule has 0 atom stereocenters. The molecule has 6 heteroatoms. The van der Waals surface area contributed by atoms with E-state index in [0.29, 0.717) is 5.69 Å². The van der Waals surface area contributed by atoms with Crippen molar-refractivity contribution in [3.8, 4) is 0 Å². The van der Waals surface area contributed by atoms with Gasteiger partial charge in [-0.15, -0.1) is 0 Å². The number of para-hydroxylation sites is 2. The van der Waals surface area contributed by atoms with Gasteiger partial charge in [-0.3, -0.25) is 14.9 Å². The first-order chi connectivity index (χ1) is 11.1. The van der Waals surface area contributed by atoms with E-state index in [-0.39, 0.29) is 24.2 Å². The van der Waals surface area contributed by atoms with Crippen molar-refractivity contribution in [2.75, 3.05) is 18.9 Å². The largest absolute Gasteiger partial charge is 0.371 e. The first-order valence-electron chi connectivity index (χ1n) is 8.32. The molecular weight excluding hydrogens is 294 g/mol. The Labute approximate surface area is 137 Å². The van der Waals surface area contributed by atoms with Gasteiger partial charge in [0.2, 0.25) is 5.91 Å². The Kier molecular flexibility index (Phi) is 6.38.